The van der Waals surface area contributed by atoms with Crippen LogP contribution in [0.3, 0.4) is 0 Å². The van der Waals surface area contributed by atoms with Gasteiger partial charge >= 0.3 is 5.97 Å². The smallest absolute Gasteiger partial charge is 0.306 e. The molecule has 0 aliphatic heterocycles. The third-order valence-corrected chi connectivity index (χ3v) is 4.74. The molecule has 1 saturated carbocycles. The van der Waals surface area contributed by atoms with Crippen LogP contribution in [0.1, 0.15) is 31.4 Å². The van der Waals surface area contributed by atoms with Gasteiger partial charge in [0.25, 0.3) is 0 Å². The van der Waals surface area contributed by atoms with Gasteiger partial charge in [-0.15, -0.1) is 11.3 Å². The Kier molecular flexibility index (Phi) is 4.36. The van der Waals surface area contributed by atoms with E-state index in [1.165, 1.54) is 0 Å². The number of aromatic nitrogens is 1. The van der Waals surface area contributed by atoms with E-state index in [0.29, 0.717) is 18.9 Å². The normalized spacial score (nSPS) is 22.3. The van der Waals surface area contributed by atoms with Gasteiger partial charge in [-0.1, -0.05) is 12.5 Å². The summed E-state index contributed by atoms with van der Waals surface area (Å²) in [6, 6.07) is 4.20. The van der Waals surface area contributed by atoms with E-state index in [4.69, 9.17) is 9.52 Å². The van der Waals surface area contributed by atoms with Gasteiger partial charge in [-0.2, -0.15) is 0 Å². The maximum absolute atomic E-state index is 11.1. The fraction of sp³-hybridized carbons (Fsp3) is 0.467. The van der Waals surface area contributed by atoms with Crippen molar-refractivity contribution in [1.29, 1.82) is 0 Å². The van der Waals surface area contributed by atoms with E-state index in [1.807, 2.05) is 17.5 Å². The number of thiophene rings is 1. The summed E-state index contributed by atoms with van der Waals surface area (Å²) < 4.78 is 5.47. The summed E-state index contributed by atoms with van der Waals surface area (Å²) >= 11 is 1.60. The molecule has 0 radical (unpaired) electrons. The number of aliphatic carboxylic acids is 1. The molecular formula is C15H18N2O3S. The molecule has 2 atom stereocenters. The average molecular weight is 306 g/mol. The van der Waals surface area contributed by atoms with Crippen molar-refractivity contribution in [1.82, 2.24) is 10.3 Å². The summed E-state index contributed by atoms with van der Waals surface area (Å²) in [5.41, 5.74) is 0.857. The van der Waals surface area contributed by atoms with Crippen molar-refractivity contribution in [3.8, 4) is 10.8 Å². The number of carboxylic acids is 1. The molecule has 0 amide bonds. The van der Waals surface area contributed by atoms with Gasteiger partial charge in [0, 0.05) is 12.6 Å². The summed E-state index contributed by atoms with van der Waals surface area (Å²) in [7, 11) is 0. The lowest BCUT2D eigenvalue weighted by molar-refractivity contribution is -0.143. The van der Waals surface area contributed by atoms with E-state index >= 15 is 0 Å². The zero-order chi connectivity index (χ0) is 14.7. The zero-order valence-electron chi connectivity index (χ0n) is 11.6. The number of oxazole rings is 1. The molecule has 2 aromatic rings. The lowest BCUT2D eigenvalue weighted by Gasteiger charge is -2.27. The summed E-state index contributed by atoms with van der Waals surface area (Å²) in [6.07, 6.45) is 5.15. The van der Waals surface area contributed by atoms with Crippen LogP contribution in [0.25, 0.3) is 10.8 Å². The highest BCUT2D eigenvalue weighted by Crippen LogP contribution is 2.26. The van der Waals surface area contributed by atoms with Crippen molar-refractivity contribution in [2.45, 2.75) is 38.3 Å². The van der Waals surface area contributed by atoms with Crippen LogP contribution in [0.4, 0.5) is 0 Å². The maximum Gasteiger partial charge on any atom is 0.306 e. The molecule has 0 spiro atoms. The second-order valence-electron chi connectivity index (χ2n) is 5.40. The predicted molar refractivity (Wildman–Crippen MR) is 80.0 cm³/mol. The Hall–Kier alpha value is -1.66. The Balaban J connectivity index is 1.54. The Morgan fingerprint density at radius 3 is 3.19 bits per heavy atom. The molecule has 2 heterocycles. The zero-order valence-corrected chi connectivity index (χ0v) is 12.4. The molecule has 2 N–H and O–H groups in total. The van der Waals surface area contributed by atoms with Crippen LogP contribution in [-0.2, 0) is 11.3 Å². The van der Waals surface area contributed by atoms with Crippen LogP contribution in [0.2, 0.25) is 0 Å². The summed E-state index contributed by atoms with van der Waals surface area (Å²) in [5, 5.41) is 14.5. The lowest BCUT2D eigenvalue weighted by atomic mass is 9.86. The molecular weight excluding hydrogens is 288 g/mol. The number of hydrogen-bond donors (Lipinski definition) is 2. The summed E-state index contributed by atoms with van der Waals surface area (Å²) in [5.74, 6) is -0.244. The van der Waals surface area contributed by atoms with Gasteiger partial charge in [-0.25, -0.2) is 4.98 Å². The van der Waals surface area contributed by atoms with E-state index < -0.39 is 5.97 Å². The third kappa shape index (κ3) is 3.51. The molecule has 0 saturated heterocycles. The Morgan fingerprint density at radius 2 is 2.43 bits per heavy atom. The van der Waals surface area contributed by atoms with E-state index in [1.54, 1.807) is 17.6 Å². The summed E-state index contributed by atoms with van der Waals surface area (Å²) in [4.78, 5) is 16.5. The topological polar surface area (TPSA) is 75.4 Å². The largest absolute Gasteiger partial charge is 0.481 e. The molecule has 112 valence electrons. The van der Waals surface area contributed by atoms with E-state index in [9.17, 15) is 4.79 Å². The van der Waals surface area contributed by atoms with Crippen molar-refractivity contribution in [2.75, 3.05) is 0 Å². The van der Waals surface area contributed by atoms with Crippen LogP contribution in [0.5, 0.6) is 0 Å². The molecule has 0 aromatic carbocycles. The van der Waals surface area contributed by atoms with Gasteiger partial charge in [-0.3, -0.25) is 4.79 Å². The highest BCUT2D eigenvalue weighted by molar-refractivity contribution is 7.13. The van der Waals surface area contributed by atoms with E-state index in [2.05, 4.69) is 10.3 Å². The van der Waals surface area contributed by atoms with Crippen molar-refractivity contribution in [3.05, 3.63) is 29.5 Å². The molecule has 6 heteroatoms. The second kappa shape index (κ2) is 6.41. The number of carboxylic acid groups (broad SMARTS) is 1. The standard InChI is InChI=1S/C15H18N2O3S/c18-15(19)10-3-1-4-11(7-10)16-8-12-9-20-14(17-12)13-5-2-6-21-13/h2,5-6,9-11,16H,1,3-4,7-8H2,(H,18,19). The van der Waals surface area contributed by atoms with Crippen molar-refractivity contribution < 1.29 is 14.3 Å². The number of hydrogen-bond acceptors (Lipinski definition) is 5. The van der Waals surface area contributed by atoms with Crippen molar-refractivity contribution >= 4 is 17.3 Å². The SMILES string of the molecule is O=C(O)C1CCCC(NCc2coc(-c3cccs3)n2)C1. The molecule has 2 aromatic heterocycles. The Bertz CT molecular complexity index is 594. The van der Waals surface area contributed by atoms with E-state index in [-0.39, 0.29) is 12.0 Å². The number of carbonyl (C=O) groups is 1. The highest BCUT2D eigenvalue weighted by atomic mass is 32.1. The molecule has 1 aliphatic carbocycles. The van der Waals surface area contributed by atoms with Crippen LogP contribution < -0.4 is 5.32 Å². The first-order valence-corrected chi connectivity index (χ1v) is 8.05. The second-order valence-corrected chi connectivity index (χ2v) is 6.35. The first kappa shape index (κ1) is 14.3. The van der Waals surface area contributed by atoms with Crippen molar-refractivity contribution in [2.24, 2.45) is 5.92 Å². The molecule has 1 fully saturated rings. The number of rotatable bonds is 5. The minimum Gasteiger partial charge on any atom is -0.481 e. The molecule has 0 bridgehead atoms. The number of nitrogens with zero attached hydrogens (tertiary/aromatic N) is 1. The van der Waals surface area contributed by atoms with Gasteiger partial charge in [0.2, 0.25) is 5.89 Å². The monoisotopic (exact) mass is 306 g/mol. The molecule has 21 heavy (non-hydrogen) atoms. The fourth-order valence-corrected chi connectivity index (χ4v) is 3.41. The van der Waals surface area contributed by atoms with Gasteiger partial charge in [0.1, 0.15) is 6.26 Å². The highest BCUT2D eigenvalue weighted by Gasteiger charge is 2.26. The van der Waals surface area contributed by atoms with Crippen LogP contribution in [-0.4, -0.2) is 22.1 Å². The number of nitrogens with one attached hydrogen (secondary N) is 1. The lowest BCUT2D eigenvalue weighted by Crippen LogP contribution is -2.36. The first-order valence-electron chi connectivity index (χ1n) is 7.17. The average Bonchev–Trinajstić information content (AvgIpc) is 3.16. The molecule has 2 unspecified atom stereocenters. The molecule has 1 aliphatic rings. The first-order chi connectivity index (χ1) is 10.2. The van der Waals surface area contributed by atoms with Crippen LogP contribution in [0, 0.1) is 5.92 Å². The van der Waals surface area contributed by atoms with E-state index in [0.717, 1.165) is 29.8 Å². The van der Waals surface area contributed by atoms with Crippen LogP contribution in [0.15, 0.2) is 28.2 Å². The Labute approximate surface area is 127 Å². The Morgan fingerprint density at radius 1 is 1.52 bits per heavy atom. The van der Waals surface area contributed by atoms with Gasteiger partial charge in [-0.05, 0) is 30.7 Å². The minimum absolute atomic E-state index is 0.213. The molecule has 3 rings (SSSR count). The van der Waals surface area contributed by atoms with Gasteiger partial charge < -0.3 is 14.8 Å². The van der Waals surface area contributed by atoms with Gasteiger partial charge in [0.05, 0.1) is 16.5 Å². The predicted octanol–water partition coefficient (Wildman–Crippen LogP) is 3.14. The van der Waals surface area contributed by atoms with Crippen molar-refractivity contribution in [3.63, 3.8) is 0 Å². The van der Waals surface area contributed by atoms with Crippen LogP contribution >= 0.6 is 11.3 Å². The summed E-state index contributed by atoms with van der Waals surface area (Å²) in [6.45, 7) is 0.617. The quantitative estimate of drug-likeness (QED) is 0.887. The fourth-order valence-electron chi connectivity index (χ4n) is 2.75. The minimum atomic E-state index is -0.678. The van der Waals surface area contributed by atoms with Gasteiger partial charge in [0.15, 0.2) is 0 Å². The molecule has 5 nitrogen and oxygen atoms in total. The third-order valence-electron chi connectivity index (χ3n) is 3.88. The maximum atomic E-state index is 11.1.